The highest BCUT2D eigenvalue weighted by atomic mass is 35.5. The Labute approximate surface area is 178 Å². The first-order chi connectivity index (χ1) is 14.2. The molecule has 4 rings (SSSR count). The molecule has 150 valence electrons. The van der Waals surface area contributed by atoms with Gasteiger partial charge in [0.25, 0.3) is 0 Å². The summed E-state index contributed by atoms with van der Waals surface area (Å²) in [4.78, 5) is 4.37. The third-order valence-electron chi connectivity index (χ3n) is 5.71. The van der Waals surface area contributed by atoms with Gasteiger partial charge in [-0.05, 0) is 60.6 Å². The molecule has 0 saturated carbocycles. The summed E-state index contributed by atoms with van der Waals surface area (Å²) in [6.45, 7) is 3.83. The van der Waals surface area contributed by atoms with Gasteiger partial charge in [0.15, 0.2) is 0 Å². The highest BCUT2D eigenvalue weighted by Gasteiger charge is 2.15. The average molecular weight is 406 g/mol. The lowest BCUT2D eigenvalue weighted by Crippen LogP contribution is -2.27. The molecule has 1 heterocycles. The molecule has 0 fully saturated rings. The maximum atomic E-state index is 6.01. The Morgan fingerprint density at radius 2 is 1.93 bits per heavy atom. The maximum absolute atomic E-state index is 6.01. The van der Waals surface area contributed by atoms with E-state index in [1.807, 2.05) is 24.7 Å². The summed E-state index contributed by atoms with van der Waals surface area (Å²) < 4.78 is 2.21. The van der Waals surface area contributed by atoms with Gasteiger partial charge in [0.1, 0.15) is 0 Å². The Kier molecular flexibility index (Phi) is 6.48. The Morgan fingerprint density at radius 3 is 2.76 bits per heavy atom. The van der Waals surface area contributed by atoms with Crippen LogP contribution in [0.25, 0.3) is 5.57 Å². The van der Waals surface area contributed by atoms with E-state index in [1.165, 1.54) is 47.2 Å². The Hall–Kier alpha value is -2.36. The number of hydrogen-bond donors (Lipinski definition) is 1. The van der Waals surface area contributed by atoms with Gasteiger partial charge >= 0.3 is 0 Å². The Bertz CT molecular complexity index is 972. The quantitative estimate of drug-likeness (QED) is 0.544. The summed E-state index contributed by atoms with van der Waals surface area (Å²) in [6.07, 6.45) is 11.2. The summed E-state index contributed by atoms with van der Waals surface area (Å²) in [5.41, 5.74) is 6.67. The van der Waals surface area contributed by atoms with Crippen molar-refractivity contribution in [2.24, 2.45) is 0 Å². The lowest BCUT2D eigenvalue weighted by molar-refractivity contribution is 0.525. The summed E-state index contributed by atoms with van der Waals surface area (Å²) in [5, 5.41) is 4.53. The zero-order valence-corrected chi connectivity index (χ0v) is 17.7. The van der Waals surface area contributed by atoms with Crippen LogP contribution in [-0.2, 0) is 13.1 Å². The molecule has 1 aromatic heterocycles. The molecule has 0 aliphatic heterocycles. The van der Waals surface area contributed by atoms with Crippen molar-refractivity contribution in [1.82, 2.24) is 14.9 Å². The summed E-state index contributed by atoms with van der Waals surface area (Å²) in [5.74, 6) is 0. The summed E-state index contributed by atoms with van der Waals surface area (Å²) in [6, 6.07) is 17.1. The fourth-order valence-corrected chi connectivity index (χ4v) is 4.19. The van der Waals surface area contributed by atoms with Crippen LogP contribution >= 0.6 is 11.6 Å². The first-order valence-corrected chi connectivity index (χ1v) is 10.8. The van der Waals surface area contributed by atoms with E-state index in [4.69, 9.17) is 11.6 Å². The molecule has 0 amide bonds. The maximum Gasteiger partial charge on any atom is 0.0951 e. The molecule has 3 nitrogen and oxygen atoms in total. The number of rotatable bonds is 6. The first-order valence-electron chi connectivity index (χ1n) is 10.4. The van der Waals surface area contributed by atoms with E-state index in [9.17, 15) is 0 Å². The summed E-state index contributed by atoms with van der Waals surface area (Å²) in [7, 11) is 0. The van der Waals surface area contributed by atoms with Crippen LogP contribution in [0.5, 0.6) is 0 Å². The van der Waals surface area contributed by atoms with Gasteiger partial charge in [-0.15, -0.1) is 0 Å². The van der Waals surface area contributed by atoms with Gasteiger partial charge in [0, 0.05) is 30.4 Å². The molecule has 1 N–H and O–H groups in total. The third-order valence-corrected chi connectivity index (χ3v) is 5.97. The lowest BCUT2D eigenvalue weighted by atomic mass is 9.97. The van der Waals surface area contributed by atoms with Crippen LogP contribution in [0.15, 0.2) is 67.1 Å². The molecule has 1 aliphatic rings. The second-order valence-corrected chi connectivity index (χ2v) is 8.32. The SMILES string of the molecule is Cc1ccccc1C1=CC(NCc2cncn2Cc2ccc(Cl)cc2)CCCC1. The molecule has 4 heteroatoms. The molecule has 1 unspecified atom stereocenters. The molecule has 0 saturated heterocycles. The first kappa shape index (κ1) is 19.9. The molecule has 2 aromatic carbocycles. The van der Waals surface area contributed by atoms with E-state index >= 15 is 0 Å². The van der Waals surface area contributed by atoms with Crippen molar-refractivity contribution in [1.29, 1.82) is 0 Å². The van der Waals surface area contributed by atoms with E-state index in [2.05, 4.69) is 64.3 Å². The normalized spacial score (nSPS) is 17.0. The molecule has 0 spiro atoms. The number of imidazole rings is 1. The molecule has 1 aliphatic carbocycles. The predicted octanol–water partition coefficient (Wildman–Crippen LogP) is 6.01. The third kappa shape index (κ3) is 5.17. The lowest BCUT2D eigenvalue weighted by Gasteiger charge is -2.16. The second kappa shape index (κ2) is 9.43. The number of benzene rings is 2. The molecule has 0 radical (unpaired) electrons. The van der Waals surface area contributed by atoms with Crippen LogP contribution in [0.4, 0.5) is 0 Å². The summed E-state index contributed by atoms with van der Waals surface area (Å²) >= 11 is 6.01. The Balaban J connectivity index is 1.44. The van der Waals surface area contributed by atoms with Crippen molar-refractivity contribution in [2.45, 2.75) is 51.7 Å². The number of allylic oxidation sites excluding steroid dienone is 1. The van der Waals surface area contributed by atoms with Crippen LogP contribution in [0.1, 0.15) is 48.1 Å². The zero-order chi connectivity index (χ0) is 20.1. The van der Waals surface area contributed by atoms with Gasteiger partial charge in [-0.25, -0.2) is 4.98 Å². The van der Waals surface area contributed by atoms with Crippen molar-refractivity contribution in [3.63, 3.8) is 0 Å². The number of halogens is 1. The molecule has 29 heavy (non-hydrogen) atoms. The Morgan fingerprint density at radius 1 is 1.10 bits per heavy atom. The van der Waals surface area contributed by atoms with Gasteiger partial charge in [0.2, 0.25) is 0 Å². The number of nitrogens with zero attached hydrogens (tertiary/aromatic N) is 2. The predicted molar refractivity (Wildman–Crippen MR) is 121 cm³/mol. The van der Waals surface area contributed by atoms with E-state index < -0.39 is 0 Å². The van der Waals surface area contributed by atoms with Crippen LogP contribution in [0, 0.1) is 6.92 Å². The zero-order valence-electron chi connectivity index (χ0n) is 16.9. The molecular formula is C25H28ClN3. The molecular weight excluding hydrogens is 378 g/mol. The van der Waals surface area contributed by atoms with E-state index in [0.717, 1.165) is 24.5 Å². The number of aryl methyl sites for hydroxylation is 1. The standard InChI is InChI=1S/C25H28ClN3/c1-19-6-2-5-9-25(19)21-7-3-4-8-23(14-21)28-16-24-15-27-18-29(24)17-20-10-12-22(26)13-11-20/h2,5-6,9-15,18,23,28H,3-4,7-8,16-17H2,1H3. The minimum absolute atomic E-state index is 0.394. The number of nitrogens with one attached hydrogen (secondary N) is 1. The van der Waals surface area contributed by atoms with Crippen LogP contribution in [0.2, 0.25) is 5.02 Å². The fourth-order valence-electron chi connectivity index (χ4n) is 4.07. The average Bonchev–Trinajstić information content (AvgIpc) is 3.03. The molecule has 1 atom stereocenters. The van der Waals surface area contributed by atoms with E-state index in [0.29, 0.717) is 6.04 Å². The highest BCUT2D eigenvalue weighted by Crippen LogP contribution is 2.28. The van der Waals surface area contributed by atoms with Crippen molar-refractivity contribution in [3.05, 3.63) is 94.5 Å². The van der Waals surface area contributed by atoms with Crippen LogP contribution < -0.4 is 5.32 Å². The van der Waals surface area contributed by atoms with E-state index in [-0.39, 0.29) is 0 Å². The van der Waals surface area contributed by atoms with Gasteiger partial charge < -0.3 is 9.88 Å². The van der Waals surface area contributed by atoms with Crippen molar-refractivity contribution >= 4 is 17.2 Å². The van der Waals surface area contributed by atoms with Crippen LogP contribution in [-0.4, -0.2) is 15.6 Å². The van der Waals surface area contributed by atoms with Crippen molar-refractivity contribution in [2.75, 3.05) is 0 Å². The van der Waals surface area contributed by atoms with Crippen molar-refractivity contribution in [3.8, 4) is 0 Å². The largest absolute Gasteiger partial charge is 0.329 e. The number of hydrogen-bond acceptors (Lipinski definition) is 2. The smallest absolute Gasteiger partial charge is 0.0951 e. The number of aromatic nitrogens is 2. The minimum atomic E-state index is 0.394. The van der Waals surface area contributed by atoms with Gasteiger partial charge in [-0.2, -0.15) is 0 Å². The van der Waals surface area contributed by atoms with Gasteiger partial charge in [-0.1, -0.05) is 60.5 Å². The minimum Gasteiger partial charge on any atom is -0.329 e. The fraction of sp³-hybridized carbons (Fsp3) is 0.320. The van der Waals surface area contributed by atoms with Gasteiger partial charge in [-0.3, -0.25) is 0 Å². The van der Waals surface area contributed by atoms with Gasteiger partial charge in [0.05, 0.1) is 12.0 Å². The van der Waals surface area contributed by atoms with Crippen molar-refractivity contribution < 1.29 is 0 Å². The second-order valence-electron chi connectivity index (χ2n) is 7.88. The highest BCUT2D eigenvalue weighted by molar-refractivity contribution is 6.30. The van der Waals surface area contributed by atoms with E-state index in [1.54, 1.807) is 0 Å². The van der Waals surface area contributed by atoms with Crippen LogP contribution in [0.3, 0.4) is 0 Å². The molecule has 3 aromatic rings. The topological polar surface area (TPSA) is 29.9 Å². The monoisotopic (exact) mass is 405 g/mol. The molecule has 0 bridgehead atoms.